The highest BCUT2D eigenvalue weighted by Crippen LogP contribution is 2.38. The van der Waals surface area contributed by atoms with Gasteiger partial charge >= 0.3 is 0 Å². The summed E-state index contributed by atoms with van der Waals surface area (Å²) in [6, 6.07) is 27.5. The second-order valence-electron chi connectivity index (χ2n) is 8.13. The second kappa shape index (κ2) is 9.14. The summed E-state index contributed by atoms with van der Waals surface area (Å²) in [5.74, 6) is 1.02. The van der Waals surface area contributed by atoms with E-state index in [0.29, 0.717) is 0 Å². The Hall–Kier alpha value is -3.80. The van der Waals surface area contributed by atoms with E-state index >= 15 is 0 Å². The molecule has 2 aromatic carbocycles. The molecule has 3 heterocycles. The van der Waals surface area contributed by atoms with Crippen molar-refractivity contribution in [2.45, 2.75) is 13.3 Å². The number of fused-ring (bicyclic) bond motifs is 1. The van der Waals surface area contributed by atoms with Gasteiger partial charge in [-0.3, -0.25) is 5.10 Å². The maximum absolute atomic E-state index is 4.69. The van der Waals surface area contributed by atoms with Gasteiger partial charge in [0.15, 0.2) is 5.82 Å². The lowest BCUT2D eigenvalue weighted by molar-refractivity contribution is 0.728. The first-order valence-electron chi connectivity index (χ1n) is 11.1. The first-order chi connectivity index (χ1) is 15.8. The summed E-state index contributed by atoms with van der Waals surface area (Å²) >= 11 is 0. The van der Waals surface area contributed by atoms with Crippen molar-refractivity contribution < 1.29 is 0 Å². The number of hydrogen-bond donors (Lipinski definition) is 1. The molecule has 0 fully saturated rings. The summed E-state index contributed by atoms with van der Waals surface area (Å²) in [7, 11) is 0. The Morgan fingerprint density at radius 1 is 0.938 bits per heavy atom. The smallest absolute Gasteiger partial charge is 0.158 e. The molecule has 4 aromatic rings. The molecule has 0 amide bonds. The van der Waals surface area contributed by atoms with Gasteiger partial charge in [0.25, 0.3) is 0 Å². The van der Waals surface area contributed by atoms with Crippen LogP contribution in [0, 0.1) is 6.92 Å². The number of hydrogen-bond acceptors (Lipinski definition) is 5. The summed E-state index contributed by atoms with van der Waals surface area (Å²) in [5, 5.41) is 7.47. The van der Waals surface area contributed by atoms with Crippen molar-refractivity contribution in [3.63, 3.8) is 0 Å². The first kappa shape index (κ1) is 20.1. The van der Waals surface area contributed by atoms with Gasteiger partial charge in [-0.2, -0.15) is 5.10 Å². The molecule has 6 nitrogen and oxygen atoms in total. The molecule has 162 valence electrons. The number of aromatic nitrogens is 3. The SMILES string of the molecule is Cc1cc(CCN(CCN2CN(c3ccccc3)c3ncccc32)c2ccccc2)n[nH]1. The van der Waals surface area contributed by atoms with Crippen molar-refractivity contribution >= 4 is 22.9 Å². The Morgan fingerprint density at radius 2 is 1.72 bits per heavy atom. The number of benzene rings is 2. The van der Waals surface area contributed by atoms with E-state index in [2.05, 4.69) is 103 Å². The molecule has 1 aliphatic rings. The molecule has 1 N–H and O–H groups in total. The predicted molar refractivity (Wildman–Crippen MR) is 131 cm³/mol. The molecular formula is C26H28N6. The maximum Gasteiger partial charge on any atom is 0.158 e. The number of anilines is 4. The molecule has 2 aromatic heterocycles. The highest BCUT2D eigenvalue weighted by atomic mass is 15.4. The Kier molecular flexibility index (Phi) is 5.75. The van der Waals surface area contributed by atoms with E-state index < -0.39 is 0 Å². The third kappa shape index (κ3) is 4.30. The van der Waals surface area contributed by atoms with Gasteiger partial charge in [0.1, 0.15) is 0 Å². The van der Waals surface area contributed by atoms with Crippen molar-refractivity contribution in [3.05, 3.63) is 96.4 Å². The van der Waals surface area contributed by atoms with Crippen LogP contribution in [0.2, 0.25) is 0 Å². The molecule has 5 rings (SSSR count). The quantitative estimate of drug-likeness (QED) is 0.441. The molecule has 0 atom stereocenters. The van der Waals surface area contributed by atoms with Crippen LogP contribution in [0.4, 0.5) is 22.9 Å². The Bertz CT molecular complexity index is 1140. The molecule has 0 radical (unpaired) electrons. The number of nitrogens with zero attached hydrogens (tertiary/aromatic N) is 5. The number of aromatic amines is 1. The normalized spacial score (nSPS) is 12.8. The number of aryl methyl sites for hydroxylation is 1. The molecule has 32 heavy (non-hydrogen) atoms. The number of H-pyrrole nitrogens is 1. The average Bonchev–Trinajstić information content (AvgIpc) is 3.44. The molecule has 6 heteroatoms. The lowest BCUT2D eigenvalue weighted by atomic mass is 10.2. The van der Waals surface area contributed by atoms with E-state index in [9.17, 15) is 0 Å². The number of para-hydroxylation sites is 2. The third-order valence-electron chi connectivity index (χ3n) is 5.90. The molecule has 0 unspecified atom stereocenters. The van der Waals surface area contributed by atoms with Gasteiger partial charge in [0.2, 0.25) is 0 Å². The first-order valence-corrected chi connectivity index (χ1v) is 11.1. The molecule has 0 spiro atoms. The topological polar surface area (TPSA) is 51.3 Å². The lowest BCUT2D eigenvalue weighted by Crippen LogP contribution is -2.37. The molecule has 0 saturated heterocycles. The third-order valence-corrected chi connectivity index (χ3v) is 5.90. The van der Waals surface area contributed by atoms with Crippen LogP contribution < -0.4 is 14.7 Å². The van der Waals surface area contributed by atoms with Gasteiger partial charge in [-0.25, -0.2) is 4.98 Å². The molecule has 1 aliphatic heterocycles. The average molecular weight is 425 g/mol. The van der Waals surface area contributed by atoms with E-state index in [-0.39, 0.29) is 0 Å². The van der Waals surface area contributed by atoms with Crippen LogP contribution in [0.3, 0.4) is 0 Å². The standard InChI is InChI=1S/C26H28N6/c1-21-19-22(29-28-21)14-16-30(23-9-4-2-5-10-23)17-18-31-20-32(24-11-6-3-7-12-24)26-25(31)13-8-15-27-26/h2-13,15,19H,14,16-18,20H2,1H3,(H,28,29). The largest absolute Gasteiger partial charge is 0.369 e. The van der Waals surface area contributed by atoms with Crippen LogP contribution in [-0.4, -0.2) is 41.5 Å². The van der Waals surface area contributed by atoms with Crippen molar-refractivity contribution in [1.82, 2.24) is 15.2 Å². The van der Waals surface area contributed by atoms with Crippen molar-refractivity contribution in [3.8, 4) is 0 Å². The number of rotatable bonds is 8. The fourth-order valence-corrected chi connectivity index (χ4v) is 4.26. The van der Waals surface area contributed by atoms with E-state index in [1.54, 1.807) is 0 Å². The fraction of sp³-hybridized carbons (Fsp3) is 0.231. The summed E-state index contributed by atoms with van der Waals surface area (Å²) < 4.78 is 0. The summed E-state index contributed by atoms with van der Waals surface area (Å²) in [6.45, 7) is 5.60. The lowest BCUT2D eigenvalue weighted by Gasteiger charge is -2.28. The highest BCUT2D eigenvalue weighted by molar-refractivity contribution is 5.79. The minimum Gasteiger partial charge on any atom is -0.369 e. The summed E-state index contributed by atoms with van der Waals surface area (Å²) in [5.41, 5.74) is 5.81. The van der Waals surface area contributed by atoms with Gasteiger partial charge in [0, 0.05) is 49.3 Å². The monoisotopic (exact) mass is 424 g/mol. The Balaban J connectivity index is 1.32. The maximum atomic E-state index is 4.69. The van der Waals surface area contributed by atoms with Gasteiger partial charge in [-0.1, -0.05) is 36.4 Å². The minimum absolute atomic E-state index is 0.803. The molecule has 0 aliphatic carbocycles. The van der Waals surface area contributed by atoms with Crippen LogP contribution in [0.1, 0.15) is 11.4 Å². The molecular weight excluding hydrogens is 396 g/mol. The number of nitrogens with one attached hydrogen (secondary N) is 1. The van der Waals surface area contributed by atoms with Crippen LogP contribution >= 0.6 is 0 Å². The number of pyridine rings is 1. The van der Waals surface area contributed by atoms with E-state index in [1.807, 2.05) is 19.2 Å². The van der Waals surface area contributed by atoms with Crippen LogP contribution in [0.15, 0.2) is 85.1 Å². The van der Waals surface area contributed by atoms with Gasteiger partial charge in [-0.05, 0) is 49.4 Å². The zero-order valence-corrected chi connectivity index (χ0v) is 18.4. The molecule has 0 bridgehead atoms. The van der Waals surface area contributed by atoms with E-state index in [1.165, 1.54) is 17.1 Å². The van der Waals surface area contributed by atoms with Crippen LogP contribution in [0.25, 0.3) is 0 Å². The summed E-state index contributed by atoms with van der Waals surface area (Å²) in [6.07, 6.45) is 2.79. The zero-order valence-electron chi connectivity index (χ0n) is 18.4. The van der Waals surface area contributed by atoms with Gasteiger partial charge in [0.05, 0.1) is 18.1 Å². The molecule has 0 saturated carbocycles. The van der Waals surface area contributed by atoms with E-state index in [0.717, 1.165) is 49.9 Å². The highest BCUT2D eigenvalue weighted by Gasteiger charge is 2.28. The van der Waals surface area contributed by atoms with Crippen LogP contribution in [-0.2, 0) is 6.42 Å². The second-order valence-corrected chi connectivity index (χ2v) is 8.13. The Morgan fingerprint density at radius 3 is 2.47 bits per heavy atom. The van der Waals surface area contributed by atoms with Crippen molar-refractivity contribution in [1.29, 1.82) is 0 Å². The minimum atomic E-state index is 0.803. The van der Waals surface area contributed by atoms with Crippen molar-refractivity contribution in [2.75, 3.05) is 41.0 Å². The van der Waals surface area contributed by atoms with Crippen molar-refractivity contribution in [2.24, 2.45) is 0 Å². The van der Waals surface area contributed by atoms with E-state index in [4.69, 9.17) is 0 Å². The zero-order chi connectivity index (χ0) is 21.8. The van der Waals surface area contributed by atoms with Gasteiger partial charge in [-0.15, -0.1) is 0 Å². The van der Waals surface area contributed by atoms with Crippen LogP contribution in [0.5, 0.6) is 0 Å². The fourth-order valence-electron chi connectivity index (χ4n) is 4.26. The Labute approximate surface area is 189 Å². The summed E-state index contributed by atoms with van der Waals surface area (Å²) in [4.78, 5) is 11.8. The van der Waals surface area contributed by atoms with Gasteiger partial charge < -0.3 is 14.7 Å². The predicted octanol–water partition coefficient (Wildman–Crippen LogP) is 4.78.